The van der Waals surface area contributed by atoms with Gasteiger partial charge >= 0.3 is 5.97 Å². The third-order valence-corrected chi connectivity index (χ3v) is 4.71. The van der Waals surface area contributed by atoms with Crippen molar-refractivity contribution < 1.29 is 14.3 Å². The maximum absolute atomic E-state index is 13.8. The number of aromatic nitrogens is 1. The van der Waals surface area contributed by atoms with E-state index in [0.29, 0.717) is 12.6 Å². The van der Waals surface area contributed by atoms with Gasteiger partial charge in [0.05, 0.1) is 12.1 Å². The maximum Gasteiger partial charge on any atom is 0.317 e. The molecule has 1 aliphatic heterocycles. The molecule has 6 heteroatoms. The van der Waals surface area contributed by atoms with E-state index >= 15 is 0 Å². The van der Waals surface area contributed by atoms with E-state index < -0.39 is 5.97 Å². The van der Waals surface area contributed by atoms with E-state index in [2.05, 4.69) is 9.88 Å². The second-order valence-electron chi connectivity index (χ2n) is 6.46. The largest absolute Gasteiger partial charge is 0.480 e. The summed E-state index contributed by atoms with van der Waals surface area (Å²) in [5.41, 5.74) is 1.76. The molecule has 0 spiro atoms. The monoisotopic (exact) mass is 331 g/mol. The van der Waals surface area contributed by atoms with Crippen molar-refractivity contribution in [3.8, 4) is 0 Å². The van der Waals surface area contributed by atoms with Crippen molar-refractivity contribution in [3.63, 3.8) is 0 Å². The van der Waals surface area contributed by atoms with Crippen molar-refractivity contribution in [1.82, 2.24) is 14.8 Å². The van der Waals surface area contributed by atoms with Gasteiger partial charge in [-0.2, -0.15) is 0 Å². The number of benzene rings is 1. The van der Waals surface area contributed by atoms with Crippen LogP contribution >= 0.6 is 0 Å². The molecular weight excluding hydrogens is 309 g/mol. The SMILES string of the molecule is CN(CC(=O)O)C1CCN(Cc2cc(F)cc3cccnc23)CC1. The number of hydrogen-bond acceptors (Lipinski definition) is 4. The molecule has 0 radical (unpaired) electrons. The molecule has 0 atom stereocenters. The molecule has 5 nitrogen and oxygen atoms in total. The normalized spacial score (nSPS) is 16.8. The van der Waals surface area contributed by atoms with Crippen LogP contribution in [0.5, 0.6) is 0 Å². The minimum Gasteiger partial charge on any atom is -0.480 e. The van der Waals surface area contributed by atoms with Gasteiger partial charge in [0.2, 0.25) is 0 Å². The fourth-order valence-electron chi connectivity index (χ4n) is 3.45. The van der Waals surface area contributed by atoms with Crippen molar-refractivity contribution >= 4 is 16.9 Å². The van der Waals surface area contributed by atoms with Gasteiger partial charge in [0.15, 0.2) is 0 Å². The first-order valence-corrected chi connectivity index (χ1v) is 8.20. The average Bonchev–Trinajstić information content (AvgIpc) is 2.54. The molecule has 3 rings (SSSR count). The number of nitrogens with zero attached hydrogens (tertiary/aromatic N) is 3. The summed E-state index contributed by atoms with van der Waals surface area (Å²) in [4.78, 5) is 19.4. The smallest absolute Gasteiger partial charge is 0.317 e. The number of halogens is 1. The van der Waals surface area contributed by atoms with Crippen LogP contribution in [0.1, 0.15) is 18.4 Å². The Kier molecular flexibility index (Phi) is 5.06. The zero-order chi connectivity index (χ0) is 17.1. The highest BCUT2D eigenvalue weighted by atomic mass is 19.1. The number of piperidine rings is 1. The molecule has 0 amide bonds. The number of carbonyl (C=O) groups is 1. The highest BCUT2D eigenvalue weighted by Crippen LogP contribution is 2.22. The number of likely N-dealkylation sites (tertiary alicyclic amines) is 1. The molecule has 2 heterocycles. The molecule has 1 N–H and O–H groups in total. The van der Waals surface area contributed by atoms with Gasteiger partial charge in [0, 0.05) is 24.2 Å². The summed E-state index contributed by atoms with van der Waals surface area (Å²) >= 11 is 0. The summed E-state index contributed by atoms with van der Waals surface area (Å²) in [5.74, 6) is -1.03. The molecule has 0 aliphatic carbocycles. The van der Waals surface area contributed by atoms with Crippen LogP contribution < -0.4 is 0 Å². The highest BCUT2D eigenvalue weighted by molar-refractivity contribution is 5.81. The van der Waals surface area contributed by atoms with Crippen LogP contribution in [0.3, 0.4) is 0 Å². The third-order valence-electron chi connectivity index (χ3n) is 4.71. The molecule has 1 aliphatic rings. The van der Waals surface area contributed by atoms with Crippen molar-refractivity contribution in [2.45, 2.75) is 25.4 Å². The fraction of sp³-hybridized carbons (Fsp3) is 0.444. The van der Waals surface area contributed by atoms with Gasteiger partial charge < -0.3 is 5.11 Å². The third kappa shape index (κ3) is 3.88. The number of aliphatic carboxylic acids is 1. The van der Waals surface area contributed by atoms with Crippen molar-refractivity contribution in [2.24, 2.45) is 0 Å². The lowest BCUT2D eigenvalue weighted by atomic mass is 10.0. The lowest BCUT2D eigenvalue weighted by molar-refractivity contribution is -0.138. The van der Waals surface area contributed by atoms with Gasteiger partial charge in [-0.1, -0.05) is 6.07 Å². The van der Waals surface area contributed by atoms with E-state index in [0.717, 1.165) is 42.4 Å². The second-order valence-corrected chi connectivity index (χ2v) is 6.46. The molecule has 0 saturated carbocycles. The summed E-state index contributed by atoms with van der Waals surface area (Å²) in [6.45, 7) is 2.49. The minimum absolute atomic E-state index is 0.0725. The summed E-state index contributed by atoms with van der Waals surface area (Å²) in [5, 5.41) is 9.72. The summed E-state index contributed by atoms with van der Waals surface area (Å²) < 4.78 is 13.8. The number of pyridine rings is 1. The Morgan fingerprint density at radius 2 is 2.17 bits per heavy atom. The summed E-state index contributed by atoms with van der Waals surface area (Å²) in [6, 6.07) is 7.06. The first kappa shape index (κ1) is 16.8. The van der Waals surface area contributed by atoms with E-state index in [9.17, 15) is 9.18 Å². The maximum atomic E-state index is 13.8. The fourth-order valence-corrected chi connectivity index (χ4v) is 3.45. The summed E-state index contributed by atoms with van der Waals surface area (Å²) in [7, 11) is 1.86. The number of rotatable bonds is 5. The number of likely N-dealkylation sites (N-methyl/N-ethyl adjacent to an activating group) is 1. The van der Waals surface area contributed by atoms with Crippen LogP contribution in [0.2, 0.25) is 0 Å². The number of hydrogen-bond donors (Lipinski definition) is 1. The zero-order valence-corrected chi connectivity index (χ0v) is 13.8. The van der Waals surface area contributed by atoms with E-state index in [1.807, 2.05) is 24.1 Å². The molecule has 1 saturated heterocycles. The lowest BCUT2D eigenvalue weighted by Crippen LogP contribution is -2.44. The molecule has 1 fully saturated rings. The molecule has 1 aromatic carbocycles. The van der Waals surface area contributed by atoms with Gasteiger partial charge in [0.1, 0.15) is 5.82 Å². The molecule has 2 aromatic rings. The Morgan fingerprint density at radius 1 is 1.42 bits per heavy atom. The Labute approximate surface area is 140 Å². The zero-order valence-electron chi connectivity index (χ0n) is 13.8. The van der Waals surface area contributed by atoms with Crippen LogP contribution in [0.4, 0.5) is 4.39 Å². The number of carboxylic acids is 1. The first-order valence-electron chi connectivity index (χ1n) is 8.20. The van der Waals surface area contributed by atoms with Gasteiger partial charge in [-0.3, -0.25) is 19.6 Å². The van der Waals surface area contributed by atoms with Crippen LogP contribution in [0.25, 0.3) is 10.9 Å². The van der Waals surface area contributed by atoms with Crippen molar-refractivity contribution in [3.05, 3.63) is 41.8 Å². The molecule has 0 unspecified atom stereocenters. The minimum atomic E-state index is -0.794. The Morgan fingerprint density at radius 3 is 2.88 bits per heavy atom. The molecule has 24 heavy (non-hydrogen) atoms. The van der Waals surface area contributed by atoms with Crippen LogP contribution in [0, 0.1) is 5.82 Å². The average molecular weight is 331 g/mol. The highest BCUT2D eigenvalue weighted by Gasteiger charge is 2.24. The predicted molar refractivity (Wildman–Crippen MR) is 90.3 cm³/mol. The molecular formula is C18H22FN3O2. The van der Waals surface area contributed by atoms with Gasteiger partial charge in [-0.05, 0) is 56.7 Å². The quantitative estimate of drug-likeness (QED) is 0.911. The molecule has 0 bridgehead atoms. The van der Waals surface area contributed by atoms with Crippen LogP contribution in [-0.2, 0) is 11.3 Å². The Balaban J connectivity index is 1.65. The number of fused-ring (bicyclic) bond motifs is 1. The van der Waals surface area contributed by atoms with Crippen LogP contribution in [0.15, 0.2) is 30.5 Å². The second kappa shape index (κ2) is 7.23. The standard InChI is InChI=1S/C18H22FN3O2/c1-21(12-17(23)24)16-4-7-22(8-5-16)11-14-10-15(19)9-13-3-2-6-20-18(13)14/h2-3,6,9-10,16H,4-5,7-8,11-12H2,1H3,(H,23,24). The van der Waals surface area contributed by atoms with Gasteiger partial charge in [0.25, 0.3) is 0 Å². The van der Waals surface area contributed by atoms with E-state index in [4.69, 9.17) is 5.11 Å². The topological polar surface area (TPSA) is 56.7 Å². The lowest BCUT2D eigenvalue weighted by Gasteiger charge is -2.36. The van der Waals surface area contributed by atoms with E-state index in [1.54, 1.807) is 12.3 Å². The van der Waals surface area contributed by atoms with E-state index in [-0.39, 0.29) is 12.4 Å². The predicted octanol–water partition coefficient (Wildman–Crippen LogP) is 2.35. The van der Waals surface area contributed by atoms with Crippen molar-refractivity contribution in [1.29, 1.82) is 0 Å². The van der Waals surface area contributed by atoms with Gasteiger partial charge in [-0.15, -0.1) is 0 Å². The van der Waals surface area contributed by atoms with E-state index in [1.165, 1.54) is 6.07 Å². The first-order chi connectivity index (χ1) is 11.5. The Bertz CT molecular complexity index is 729. The van der Waals surface area contributed by atoms with Crippen LogP contribution in [-0.4, -0.2) is 58.6 Å². The summed E-state index contributed by atoms with van der Waals surface area (Å²) in [6.07, 6.45) is 3.58. The molecule has 128 valence electrons. The Hall–Kier alpha value is -2.05. The number of carboxylic acid groups (broad SMARTS) is 1. The van der Waals surface area contributed by atoms with Crippen molar-refractivity contribution in [2.75, 3.05) is 26.7 Å². The molecule has 1 aromatic heterocycles. The van der Waals surface area contributed by atoms with Gasteiger partial charge in [-0.25, -0.2) is 4.39 Å².